The molecule has 1 heteroatoms. The van der Waals surface area contributed by atoms with Crippen LogP contribution < -0.4 is 0 Å². The molecule has 0 bridgehead atoms. The van der Waals surface area contributed by atoms with Crippen molar-refractivity contribution < 1.29 is 4.74 Å². The van der Waals surface area contributed by atoms with E-state index >= 15 is 0 Å². The zero-order valence-corrected chi connectivity index (χ0v) is 8.07. The minimum atomic E-state index is 0.801. The lowest BCUT2D eigenvalue weighted by molar-refractivity contribution is 0.127. The Morgan fingerprint density at radius 3 is 2.50 bits per heavy atom. The van der Waals surface area contributed by atoms with Gasteiger partial charge in [-0.3, -0.25) is 0 Å². The first-order chi connectivity index (χ1) is 5.91. The quantitative estimate of drug-likeness (QED) is 0.399. The molecule has 0 aliphatic carbocycles. The molecule has 0 spiro atoms. The van der Waals surface area contributed by atoms with Crippen molar-refractivity contribution >= 4 is 0 Å². The van der Waals surface area contributed by atoms with Gasteiger partial charge in [0.2, 0.25) is 0 Å². The lowest BCUT2D eigenvalue weighted by Gasteiger charge is -2.01. The minimum Gasteiger partial charge on any atom is -0.381 e. The van der Waals surface area contributed by atoms with Crippen LogP contribution in [0.3, 0.4) is 0 Å². The summed E-state index contributed by atoms with van der Waals surface area (Å²) < 4.78 is 5.39. The molecule has 1 radical (unpaired) electrons. The van der Waals surface area contributed by atoms with E-state index in [2.05, 4.69) is 12.8 Å². The zero-order chi connectivity index (χ0) is 9.07. The summed E-state index contributed by atoms with van der Waals surface area (Å²) in [7, 11) is 0. The molecule has 0 fully saturated rings. The van der Waals surface area contributed by atoms with E-state index in [1.54, 1.807) is 0 Å². The van der Waals surface area contributed by atoms with Crippen molar-refractivity contribution in [3.05, 3.63) is 6.42 Å². The second kappa shape index (κ2) is 10.5. The van der Waals surface area contributed by atoms with Crippen LogP contribution in [0.25, 0.3) is 0 Å². The fourth-order valence-electron chi connectivity index (χ4n) is 0.943. The first-order valence-corrected chi connectivity index (χ1v) is 4.89. The minimum absolute atomic E-state index is 0.801. The maximum absolute atomic E-state index is 6.69. The van der Waals surface area contributed by atoms with Gasteiger partial charge in [0.25, 0.3) is 0 Å². The van der Waals surface area contributed by atoms with E-state index in [0.717, 1.165) is 38.9 Å². The molecular formula is C11H19O. The SMILES string of the molecule is [C]#CCCCCCOCCCC. The average molecular weight is 167 g/mol. The van der Waals surface area contributed by atoms with Crippen molar-refractivity contribution in [1.82, 2.24) is 0 Å². The first-order valence-electron chi connectivity index (χ1n) is 4.89. The fraction of sp³-hybridized carbons (Fsp3) is 0.818. The summed E-state index contributed by atoms with van der Waals surface area (Å²) >= 11 is 0. The molecule has 0 saturated carbocycles. The number of hydrogen-bond acceptors (Lipinski definition) is 1. The number of hydrogen-bond donors (Lipinski definition) is 0. The Labute approximate surface area is 76.5 Å². The van der Waals surface area contributed by atoms with Gasteiger partial charge < -0.3 is 4.74 Å². The second-order valence-corrected chi connectivity index (χ2v) is 2.95. The van der Waals surface area contributed by atoms with E-state index < -0.39 is 0 Å². The number of rotatable bonds is 8. The van der Waals surface area contributed by atoms with E-state index in [9.17, 15) is 0 Å². The molecule has 0 aromatic carbocycles. The third-order valence-corrected chi connectivity index (χ3v) is 1.73. The Hall–Kier alpha value is -0.480. The highest BCUT2D eigenvalue weighted by Gasteiger charge is 1.88. The predicted octanol–water partition coefficient (Wildman–Crippen LogP) is 2.95. The lowest BCUT2D eigenvalue weighted by atomic mass is 10.2. The maximum atomic E-state index is 6.69. The van der Waals surface area contributed by atoms with Crippen LogP contribution in [0.4, 0.5) is 0 Å². The zero-order valence-electron chi connectivity index (χ0n) is 8.07. The van der Waals surface area contributed by atoms with Crippen LogP contribution in [0, 0.1) is 12.3 Å². The van der Waals surface area contributed by atoms with Gasteiger partial charge in [0.05, 0.1) is 0 Å². The van der Waals surface area contributed by atoms with Gasteiger partial charge in [0.15, 0.2) is 0 Å². The first kappa shape index (κ1) is 11.5. The normalized spacial score (nSPS) is 9.67. The third kappa shape index (κ3) is 9.52. The summed E-state index contributed by atoms with van der Waals surface area (Å²) in [5.41, 5.74) is 0. The van der Waals surface area contributed by atoms with Gasteiger partial charge in [0.1, 0.15) is 0 Å². The topological polar surface area (TPSA) is 9.23 Å². The Morgan fingerprint density at radius 2 is 1.83 bits per heavy atom. The average Bonchev–Trinajstić information content (AvgIpc) is 2.10. The van der Waals surface area contributed by atoms with Crippen LogP contribution in [0.2, 0.25) is 0 Å². The van der Waals surface area contributed by atoms with Crippen molar-refractivity contribution in [3.8, 4) is 5.92 Å². The highest BCUT2D eigenvalue weighted by molar-refractivity contribution is 4.74. The van der Waals surface area contributed by atoms with Gasteiger partial charge in [-0.2, -0.15) is 0 Å². The molecule has 0 heterocycles. The molecule has 0 aromatic rings. The largest absolute Gasteiger partial charge is 0.381 e. The van der Waals surface area contributed by atoms with Crippen LogP contribution in [0.5, 0.6) is 0 Å². The standard InChI is InChI=1S/C11H19O/c1-3-5-7-8-9-11-12-10-6-4-2/h4-11H2,2H3. The van der Waals surface area contributed by atoms with E-state index in [4.69, 9.17) is 11.2 Å². The van der Waals surface area contributed by atoms with Gasteiger partial charge >= 0.3 is 0 Å². The maximum Gasteiger partial charge on any atom is 0.0466 e. The highest BCUT2D eigenvalue weighted by Crippen LogP contribution is 1.99. The molecular weight excluding hydrogens is 148 g/mol. The summed E-state index contributed by atoms with van der Waals surface area (Å²) in [6, 6.07) is 0. The van der Waals surface area contributed by atoms with E-state index in [1.165, 1.54) is 12.8 Å². The van der Waals surface area contributed by atoms with Gasteiger partial charge in [-0.25, -0.2) is 0 Å². The second-order valence-electron chi connectivity index (χ2n) is 2.95. The molecule has 0 saturated heterocycles. The fourth-order valence-corrected chi connectivity index (χ4v) is 0.943. The Morgan fingerprint density at radius 1 is 1.08 bits per heavy atom. The van der Waals surface area contributed by atoms with Crippen LogP contribution in [0.1, 0.15) is 45.4 Å². The van der Waals surface area contributed by atoms with Gasteiger partial charge in [-0.05, 0) is 25.7 Å². The summed E-state index contributed by atoms with van der Waals surface area (Å²) in [6.07, 6.45) is 13.3. The molecule has 1 nitrogen and oxygen atoms in total. The van der Waals surface area contributed by atoms with Gasteiger partial charge in [-0.15, -0.1) is 0 Å². The lowest BCUT2D eigenvalue weighted by Crippen LogP contribution is -1.96. The van der Waals surface area contributed by atoms with Crippen molar-refractivity contribution in [2.45, 2.75) is 45.4 Å². The Bertz CT molecular complexity index is 113. The van der Waals surface area contributed by atoms with Crippen LogP contribution in [-0.2, 0) is 4.74 Å². The molecule has 0 amide bonds. The molecule has 0 aliphatic rings. The smallest absolute Gasteiger partial charge is 0.0466 e. The van der Waals surface area contributed by atoms with E-state index in [-0.39, 0.29) is 0 Å². The van der Waals surface area contributed by atoms with Crippen LogP contribution in [-0.4, -0.2) is 13.2 Å². The van der Waals surface area contributed by atoms with Gasteiger partial charge in [0, 0.05) is 19.6 Å². The van der Waals surface area contributed by atoms with E-state index in [0.29, 0.717) is 0 Å². The number of unbranched alkanes of at least 4 members (excludes halogenated alkanes) is 4. The summed E-state index contributed by atoms with van der Waals surface area (Å²) in [5, 5.41) is 0. The molecule has 0 atom stereocenters. The molecule has 12 heavy (non-hydrogen) atoms. The van der Waals surface area contributed by atoms with Crippen LogP contribution >= 0.6 is 0 Å². The number of ether oxygens (including phenoxy) is 1. The van der Waals surface area contributed by atoms with Crippen LogP contribution in [0.15, 0.2) is 0 Å². The molecule has 0 aromatic heterocycles. The van der Waals surface area contributed by atoms with E-state index in [1.807, 2.05) is 0 Å². The Balaban J connectivity index is 2.78. The predicted molar refractivity (Wildman–Crippen MR) is 51.3 cm³/mol. The van der Waals surface area contributed by atoms with Gasteiger partial charge in [-0.1, -0.05) is 25.7 Å². The molecule has 0 unspecified atom stereocenters. The summed E-state index contributed by atoms with van der Waals surface area (Å²) in [6.45, 7) is 3.97. The monoisotopic (exact) mass is 167 g/mol. The highest BCUT2D eigenvalue weighted by atomic mass is 16.5. The molecule has 0 rings (SSSR count). The molecule has 0 aliphatic heterocycles. The Kier molecular flexibility index (Phi) is 10.1. The molecule has 0 N–H and O–H groups in total. The summed E-state index contributed by atoms with van der Waals surface area (Å²) in [4.78, 5) is 0. The van der Waals surface area contributed by atoms with Crippen molar-refractivity contribution in [2.24, 2.45) is 0 Å². The van der Waals surface area contributed by atoms with Crippen molar-refractivity contribution in [2.75, 3.05) is 13.2 Å². The summed E-state index contributed by atoms with van der Waals surface area (Å²) in [5.74, 6) is 2.39. The third-order valence-electron chi connectivity index (χ3n) is 1.73. The van der Waals surface area contributed by atoms with Crippen molar-refractivity contribution in [1.29, 1.82) is 0 Å². The van der Waals surface area contributed by atoms with Crippen molar-refractivity contribution in [3.63, 3.8) is 0 Å². The molecule has 69 valence electrons.